The van der Waals surface area contributed by atoms with E-state index in [1.165, 1.54) is 26.0 Å². The van der Waals surface area contributed by atoms with E-state index in [4.69, 9.17) is 9.47 Å². The first-order valence-corrected chi connectivity index (χ1v) is 10.0. The van der Waals surface area contributed by atoms with E-state index in [2.05, 4.69) is 15.6 Å². The lowest BCUT2D eigenvalue weighted by atomic mass is 10.2. The molecule has 0 saturated carbocycles. The van der Waals surface area contributed by atoms with Crippen LogP contribution in [0.1, 0.15) is 10.4 Å². The van der Waals surface area contributed by atoms with Crippen molar-refractivity contribution in [3.8, 4) is 11.5 Å². The fourth-order valence-corrected chi connectivity index (χ4v) is 3.36. The average Bonchev–Trinajstić information content (AvgIpc) is 2.78. The van der Waals surface area contributed by atoms with Crippen LogP contribution in [0, 0.1) is 0 Å². The van der Waals surface area contributed by atoms with E-state index < -0.39 is 0 Å². The molecular formula is C22H21N3O4S. The van der Waals surface area contributed by atoms with Crippen LogP contribution in [-0.4, -0.2) is 36.8 Å². The van der Waals surface area contributed by atoms with Crippen molar-refractivity contribution in [1.82, 2.24) is 4.98 Å². The molecule has 0 aliphatic heterocycles. The Balaban J connectivity index is 1.60. The van der Waals surface area contributed by atoms with Crippen molar-refractivity contribution < 1.29 is 19.1 Å². The highest BCUT2D eigenvalue weighted by molar-refractivity contribution is 8.00. The van der Waals surface area contributed by atoms with Gasteiger partial charge in [0, 0.05) is 22.3 Å². The van der Waals surface area contributed by atoms with E-state index in [1.54, 1.807) is 48.7 Å². The number of nitrogens with one attached hydrogen (secondary N) is 2. The van der Waals surface area contributed by atoms with Gasteiger partial charge in [0.1, 0.15) is 5.82 Å². The van der Waals surface area contributed by atoms with Crippen molar-refractivity contribution in [2.45, 2.75) is 4.90 Å². The fraction of sp³-hybridized carbons (Fsp3) is 0.136. The van der Waals surface area contributed by atoms with Crippen LogP contribution in [-0.2, 0) is 4.79 Å². The van der Waals surface area contributed by atoms with Gasteiger partial charge in [-0.1, -0.05) is 12.1 Å². The van der Waals surface area contributed by atoms with E-state index in [9.17, 15) is 9.59 Å². The molecule has 7 nitrogen and oxygen atoms in total. The summed E-state index contributed by atoms with van der Waals surface area (Å²) < 4.78 is 10.4. The van der Waals surface area contributed by atoms with Gasteiger partial charge in [-0.3, -0.25) is 9.59 Å². The molecule has 0 unspecified atom stereocenters. The SMILES string of the molecule is COc1ccc(C(=O)Nc2cccc(SCC(=O)Nc3ccccn3)c2)cc1OC. The third-order valence-electron chi connectivity index (χ3n) is 4.04. The minimum atomic E-state index is -0.272. The highest BCUT2D eigenvalue weighted by Crippen LogP contribution is 2.28. The van der Waals surface area contributed by atoms with Crippen molar-refractivity contribution in [1.29, 1.82) is 0 Å². The quantitative estimate of drug-likeness (QED) is 0.531. The molecule has 0 saturated heterocycles. The molecule has 154 valence electrons. The number of methoxy groups -OCH3 is 2. The maximum atomic E-state index is 12.6. The number of pyridine rings is 1. The summed E-state index contributed by atoms with van der Waals surface area (Å²) in [6, 6.07) is 17.6. The summed E-state index contributed by atoms with van der Waals surface area (Å²) in [5, 5.41) is 5.59. The molecule has 3 rings (SSSR count). The molecule has 0 fully saturated rings. The van der Waals surface area contributed by atoms with E-state index >= 15 is 0 Å². The van der Waals surface area contributed by atoms with Gasteiger partial charge in [0.15, 0.2) is 11.5 Å². The molecule has 0 aliphatic carbocycles. The molecule has 2 N–H and O–H groups in total. The van der Waals surface area contributed by atoms with Gasteiger partial charge in [-0.15, -0.1) is 11.8 Å². The molecule has 2 aromatic carbocycles. The molecule has 0 aliphatic rings. The number of hydrogen-bond acceptors (Lipinski definition) is 6. The van der Waals surface area contributed by atoms with Crippen LogP contribution in [0.5, 0.6) is 11.5 Å². The lowest BCUT2D eigenvalue weighted by Gasteiger charge is -2.11. The molecular weight excluding hydrogens is 402 g/mol. The minimum absolute atomic E-state index is 0.154. The lowest BCUT2D eigenvalue weighted by Crippen LogP contribution is -2.15. The maximum absolute atomic E-state index is 12.6. The van der Waals surface area contributed by atoms with Crippen LogP contribution in [0.3, 0.4) is 0 Å². The molecule has 2 amide bonds. The van der Waals surface area contributed by atoms with Gasteiger partial charge in [-0.05, 0) is 48.5 Å². The van der Waals surface area contributed by atoms with Crippen molar-refractivity contribution >= 4 is 35.1 Å². The number of nitrogens with zero attached hydrogens (tertiary/aromatic N) is 1. The van der Waals surface area contributed by atoms with E-state index in [1.807, 2.05) is 18.2 Å². The van der Waals surface area contributed by atoms with Crippen molar-refractivity contribution in [2.75, 3.05) is 30.6 Å². The Morgan fingerprint density at radius 1 is 0.933 bits per heavy atom. The zero-order valence-electron chi connectivity index (χ0n) is 16.5. The number of carbonyl (C=O) groups excluding carboxylic acids is 2. The molecule has 30 heavy (non-hydrogen) atoms. The Kier molecular flexibility index (Phi) is 7.29. The number of rotatable bonds is 8. The molecule has 0 bridgehead atoms. The predicted octanol–water partition coefficient (Wildman–Crippen LogP) is 4.08. The Labute approximate surface area is 178 Å². The summed E-state index contributed by atoms with van der Waals surface area (Å²) in [5.74, 6) is 1.34. The largest absolute Gasteiger partial charge is 0.493 e. The topological polar surface area (TPSA) is 89.5 Å². The van der Waals surface area contributed by atoms with E-state index in [0.29, 0.717) is 28.6 Å². The predicted molar refractivity (Wildman–Crippen MR) is 118 cm³/mol. The summed E-state index contributed by atoms with van der Waals surface area (Å²) in [5.41, 5.74) is 1.07. The smallest absolute Gasteiger partial charge is 0.255 e. The minimum Gasteiger partial charge on any atom is -0.493 e. The number of aromatic nitrogens is 1. The zero-order valence-corrected chi connectivity index (χ0v) is 17.4. The molecule has 0 spiro atoms. The summed E-state index contributed by atoms with van der Waals surface area (Å²) >= 11 is 1.37. The van der Waals surface area contributed by atoms with Crippen LogP contribution in [0.4, 0.5) is 11.5 Å². The number of carbonyl (C=O) groups is 2. The molecule has 3 aromatic rings. The fourth-order valence-electron chi connectivity index (χ4n) is 2.61. The van der Waals surface area contributed by atoms with E-state index in [-0.39, 0.29) is 17.6 Å². The third kappa shape index (κ3) is 5.74. The van der Waals surface area contributed by atoms with Gasteiger partial charge in [0.05, 0.1) is 20.0 Å². The normalized spacial score (nSPS) is 10.2. The van der Waals surface area contributed by atoms with Gasteiger partial charge in [0.2, 0.25) is 5.91 Å². The second-order valence-corrected chi connectivity index (χ2v) is 7.15. The number of amides is 2. The monoisotopic (exact) mass is 423 g/mol. The third-order valence-corrected chi connectivity index (χ3v) is 5.03. The molecule has 8 heteroatoms. The van der Waals surface area contributed by atoms with Crippen molar-refractivity contribution in [3.63, 3.8) is 0 Å². The van der Waals surface area contributed by atoms with Crippen LogP contribution in [0.25, 0.3) is 0 Å². The maximum Gasteiger partial charge on any atom is 0.255 e. The molecule has 1 heterocycles. The molecule has 1 aromatic heterocycles. The Morgan fingerprint density at radius 2 is 1.77 bits per heavy atom. The highest BCUT2D eigenvalue weighted by Gasteiger charge is 2.12. The second-order valence-electron chi connectivity index (χ2n) is 6.10. The first-order valence-electron chi connectivity index (χ1n) is 9.06. The zero-order chi connectivity index (χ0) is 21.3. The first-order chi connectivity index (χ1) is 14.6. The number of ether oxygens (including phenoxy) is 2. The van der Waals surface area contributed by atoms with Gasteiger partial charge in [0.25, 0.3) is 5.91 Å². The second kappa shape index (κ2) is 10.3. The molecule has 0 radical (unpaired) electrons. The van der Waals surface area contributed by atoms with Crippen LogP contribution >= 0.6 is 11.8 Å². The average molecular weight is 423 g/mol. The van der Waals surface area contributed by atoms with Crippen molar-refractivity contribution in [3.05, 3.63) is 72.4 Å². The van der Waals surface area contributed by atoms with Crippen molar-refractivity contribution in [2.24, 2.45) is 0 Å². The Bertz CT molecular complexity index is 1030. The molecule has 0 atom stereocenters. The van der Waals surface area contributed by atoms with E-state index in [0.717, 1.165) is 4.90 Å². The van der Waals surface area contributed by atoms with Crippen LogP contribution < -0.4 is 20.1 Å². The van der Waals surface area contributed by atoms with Gasteiger partial charge in [-0.25, -0.2) is 4.98 Å². The van der Waals surface area contributed by atoms with Crippen LogP contribution in [0.2, 0.25) is 0 Å². The summed E-state index contributed by atoms with van der Waals surface area (Å²) in [7, 11) is 3.06. The van der Waals surface area contributed by atoms with Gasteiger partial charge >= 0.3 is 0 Å². The number of thioether (sulfide) groups is 1. The standard InChI is InChI=1S/C22H21N3O4S/c1-28-18-10-9-15(12-19(18)29-2)22(27)24-16-6-5-7-17(13-16)30-14-21(26)25-20-8-3-4-11-23-20/h3-13H,14H2,1-2H3,(H,24,27)(H,23,25,26). The number of anilines is 2. The first kappa shape index (κ1) is 21.2. The van der Waals surface area contributed by atoms with Gasteiger partial charge in [-0.2, -0.15) is 0 Å². The Morgan fingerprint density at radius 3 is 2.50 bits per heavy atom. The Hall–Kier alpha value is -3.52. The highest BCUT2D eigenvalue weighted by atomic mass is 32.2. The number of hydrogen-bond donors (Lipinski definition) is 2. The lowest BCUT2D eigenvalue weighted by molar-refractivity contribution is -0.113. The summed E-state index contributed by atoms with van der Waals surface area (Å²) in [4.78, 5) is 29.6. The summed E-state index contributed by atoms with van der Waals surface area (Å²) in [6.45, 7) is 0. The van der Waals surface area contributed by atoms with Crippen LogP contribution in [0.15, 0.2) is 71.8 Å². The summed E-state index contributed by atoms with van der Waals surface area (Å²) in [6.07, 6.45) is 1.62. The van der Waals surface area contributed by atoms with Gasteiger partial charge < -0.3 is 20.1 Å². The number of benzene rings is 2.